The molecule has 0 amide bonds. The fraction of sp³-hybridized carbons (Fsp3) is 0.133. The van der Waals surface area contributed by atoms with E-state index >= 15 is 0 Å². The molecule has 0 aliphatic heterocycles. The molecule has 2 aromatic carbocycles. The van der Waals surface area contributed by atoms with Crippen LogP contribution in [0.25, 0.3) is 0 Å². The van der Waals surface area contributed by atoms with Crippen LogP contribution in [0, 0.1) is 6.92 Å². The molecule has 0 bridgehead atoms. The van der Waals surface area contributed by atoms with Crippen LogP contribution in [0.4, 0.5) is 11.4 Å². The third-order valence-corrected chi connectivity index (χ3v) is 4.12. The molecule has 0 heterocycles. The largest absolute Gasteiger partial charge is 0.495 e. The van der Waals surface area contributed by atoms with Crippen LogP contribution in [-0.2, 0) is 0 Å². The Kier molecular flexibility index (Phi) is 5.08. The SMILES string of the molecule is COc1cc(Cl)c(C)cc1Nc1cc(Br)ccc1C(N)=S. The number of anilines is 2. The Hall–Kier alpha value is -1.30. The van der Waals surface area contributed by atoms with Crippen molar-refractivity contribution in [3.8, 4) is 5.75 Å². The zero-order chi connectivity index (χ0) is 15.6. The highest BCUT2D eigenvalue weighted by Crippen LogP contribution is 2.34. The van der Waals surface area contributed by atoms with Gasteiger partial charge in [-0.3, -0.25) is 0 Å². The van der Waals surface area contributed by atoms with Crippen molar-refractivity contribution in [1.82, 2.24) is 0 Å². The lowest BCUT2D eigenvalue weighted by Gasteiger charge is -2.16. The van der Waals surface area contributed by atoms with Gasteiger partial charge < -0.3 is 15.8 Å². The predicted octanol–water partition coefficient (Wildman–Crippen LogP) is 4.80. The summed E-state index contributed by atoms with van der Waals surface area (Å²) in [5.41, 5.74) is 9.09. The lowest BCUT2D eigenvalue weighted by atomic mass is 10.1. The van der Waals surface area contributed by atoms with Crippen molar-refractivity contribution < 1.29 is 4.74 Å². The van der Waals surface area contributed by atoms with Gasteiger partial charge in [-0.15, -0.1) is 0 Å². The van der Waals surface area contributed by atoms with Crippen LogP contribution in [0.1, 0.15) is 11.1 Å². The van der Waals surface area contributed by atoms with E-state index in [1.54, 1.807) is 13.2 Å². The second-order valence-electron chi connectivity index (χ2n) is 4.48. The van der Waals surface area contributed by atoms with E-state index in [1.807, 2.05) is 31.2 Å². The van der Waals surface area contributed by atoms with Gasteiger partial charge in [-0.1, -0.05) is 39.7 Å². The van der Waals surface area contributed by atoms with E-state index in [0.29, 0.717) is 15.8 Å². The first-order valence-electron chi connectivity index (χ1n) is 6.13. The van der Waals surface area contributed by atoms with Crippen molar-refractivity contribution in [3.05, 3.63) is 51.0 Å². The summed E-state index contributed by atoms with van der Waals surface area (Å²) in [5.74, 6) is 0.652. The fourth-order valence-corrected chi connectivity index (χ4v) is 2.60. The Balaban J connectivity index is 2.49. The van der Waals surface area contributed by atoms with E-state index in [-0.39, 0.29) is 0 Å². The number of hydrogen-bond acceptors (Lipinski definition) is 3. The van der Waals surface area contributed by atoms with Crippen molar-refractivity contribution in [2.75, 3.05) is 12.4 Å². The molecule has 2 rings (SSSR count). The van der Waals surface area contributed by atoms with Gasteiger partial charge in [0.15, 0.2) is 0 Å². The standard InChI is InChI=1S/C15H14BrClN2OS/c1-8-5-13(14(20-2)7-11(8)17)19-12-6-9(16)3-4-10(12)15(18)21/h3-7,19H,1-2H3,(H2,18,21). The molecule has 6 heteroatoms. The molecule has 3 nitrogen and oxygen atoms in total. The number of methoxy groups -OCH3 is 1. The minimum Gasteiger partial charge on any atom is -0.495 e. The number of nitrogens with two attached hydrogens (primary N) is 1. The van der Waals surface area contributed by atoms with Crippen molar-refractivity contribution >= 4 is 56.1 Å². The first-order valence-corrected chi connectivity index (χ1v) is 7.71. The second kappa shape index (κ2) is 6.64. The summed E-state index contributed by atoms with van der Waals surface area (Å²) < 4.78 is 6.29. The minimum absolute atomic E-state index is 0.328. The van der Waals surface area contributed by atoms with Gasteiger partial charge in [0.05, 0.1) is 12.8 Å². The zero-order valence-electron chi connectivity index (χ0n) is 11.5. The average molecular weight is 386 g/mol. The normalized spacial score (nSPS) is 10.3. The summed E-state index contributed by atoms with van der Waals surface area (Å²) in [6, 6.07) is 9.37. The van der Waals surface area contributed by atoms with E-state index in [9.17, 15) is 0 Å². The van der Waals surface area contributed by atoms with Gasteiger partial charge >= 0.3 is 0 Å². The maximum Gasteiger partial charge on any atom is 0.143 e. The molecule has 3 N–H and O–H groups in total. The number of thiocarbonyl (C=S) groups is 1. The van der Waals surface area contributed by atoms with Crippen LogP contribution >= 0.6 is 39.7 Å². The smallest absolute Gasteiger partial charge is 0.143 e. The second-order valence-corrected chi connectivity index (χ2v) is 6.24. The third kappa shape index (κ3) is 3.67. The lowest BCUT2D eigenvalue weighted by molar-refractivity contribution is 0.417. The summed E-state index contributed by atoms with van der Waals surface area (Å²) in [5, 5.41) is 3.96. The molecule has 0 saturated carbocycles. The highest BCUT2D eigenvalue weighted by molar-refractivity contribution is 9.10. The third-order valence-electron chi connectivity index (χ3n) is 3.00. The van der Waals surface area contributed by atoms with Crippen LogP contribution < -0.4 is 15.8 Å². The van der Waals surface area contributed by atoms with Crippen LogP contribution in [0.5, 0.6) is 5.75 Å². The zero-order valence-corrected chi connectivity index (χ0v) is 14.7. The van der Waals surface area contributed by atoms with Crippen LogP contribution in [-0.4, -0.2) is 12.1 Å². The van der Waals surface area contributed by atoms with Crippen LogP contribution in [0.3, 0.4) is 0 Å². The Morgan fingerprint density at radius 3 is 2.62 bits per heavy atom. The van der Waals surface area contributed by atoms with Crippen molar-refractivity contribution in [3.63, 3.8) is 0 Å². The maximum absolute atomic E-state index is 6.12. The molecule has 0 aliphatic carbocycles. The molecule has 110 valence electrons. The Morgan fingerprint density at radius 2 is 2.00 bits per heavy atom. The molecule has 0 aliphatic rings. The number of hydrogen-bond donors (Lipinski definition) is 2. The maximum atomic E-state index is 6.12. The topological polar surface area (TPSA) is 47.3 Å². The van der Waals surface area contributed by atoms with Crippen molar-refractivity contribution in [1.29, 1.82) is 0 Å². The summed E-state index contributed by atoms with van der Waals surface area (Å²) in [6.45, 7) is 1.93. The van der Waals surface area contributed by atoms with E-state index < -0.39 is 0 Å². The molecular weight excluding hydrogens is 372 g/mol. The number of ether oxygens (including phenoxy) is 1. The number of benzene rings is 2. The first kappa shape index (κ1) is 16.1. The lowest BCUT2D eigenvalue weighted by Crippen LogP contribution is -2.12. The highest BCUT2D eigenvalue weighted by atomic mass is 79.9. The number of halogens is 2. The molecule has 0 radical (unpaired) electrons. The Labute approximate surface area is 142 Å². The molecule has 0 spiro atoms. The van der Waals surface area contributed by atoms with Gasteiger partial charge in [0.1, 0.15) is 10.7 Å². The van der Waals surface area contributed by atoms with Crippen molar-refractivity contribution in [2.45, 2.75) is 6.92 Å². The molecule has 2 aromatic rings. The van der Waals surface area contributed by atoms with Gasteiger partial charge in [-0.2, -0.15) is 0 Å². The van der Waals surface area contributed by atoms with Crippen LogP contribution in [0.15, 0.2) is 34.8 Å². The predicted molar refractivity (Wildman–Crippen MR) is 96.1 cm³/mol. The highest BCUT2D eigenvalue weighted by Gasteiger charge is 2.11. The van der Waals surface area contributed by atoms with Crippen molar-refractivity contribution in [2.24, 2.45) is 5.73 Å². The minimum atomic E-state index is 0.328. The van der Waals surface area contributed by atoms with Crippen LogP contribution in [0.2, 0.25) is 5.02 Å². The number of nitrogens with one attached hydrogen (secondary N) is 1. The molecule has 0 saturated heterocycles. The van der Waals surface area contributed by atoms with Gasteiger partial charge in [-0.05, 0) is 36.8 Å². The fourth-order valence-electron chi connectivity index (χ4n) is 1.91. The summed E-state index contributed by atoms with van der Waals surface area (Å²) >= 11 is 14.6. The van der Waals surface area contributed by atoms with Gasteiger partial charge in [0.2, 0.25) is 0 Å². The molecule has 21 heavy (non-hydrogen) atoms. The van der Waals surface area contributed by atoms with Gasteiger partial charge in [0.25, 0.3) is 0 Å². The molecule has 0 fully saturated rings. The first-order chi connectivity index (χ1) is 9.92. The average Bonchev–Trinajstić information content (AvgIpc) is 2.42. The van der Waals surface area contributed by atoms with Gasteiger partial charge in [-0.25, -0.2) is 0 Å². The Morgan fingerprint density at radius 1 is 1.29 bits per heavy atom. The molecular formula is C15H14BrClN2OS. The van der Waals surface area contributed by atoms with E-state index in [2.05, 4.69) is 21.2 Å². The summed E-state index contributed by atoms with van der Waals surface area (Å²) in [7, 11) is 1.60. The molecule has 0 aromatic heterocycles. The van der Waals surface area contributed by atoms with Gasteiger partial charge in [0, 0.05) is 26.8 Å². The summed E-state index contributed by atoms with van der Waals surface area (Å²) in [6.07, 6.45) is 0. The molecule has 0 unspecified atom stereocenters. The summed E-state index contributed by atoms with van der Waals surface area (Å²) in [4.78, 5) is 0.328. The monoisotopic (exact) mass is 384 g/mol. The Bertz CT molecular complexity index is 706. The van der Waals surface area contributed by atoms with E-state index in [1.165, 1.54) is 0 Å². The van der Waals surface area contributed by atoms with E-state index in [4.69, 9.17) is 34.3 Å². The molecule has 0 atom stereocenters. The quantitative estimate of drug-likeness (QED) is 0.742. The number of aryl methyl sites for hydroxylation is 1. The number of rotatable bonds is 4. The van der Waals surface area contributed by atoms with E-state index in [0.717, 1.165) is 27.0 Å².